The molecule has 0 saturated carbocycles. The van der Waals surface area contributed by atoms with E-state index >= 15 is 0 Å². The molecule has 0 amide bonds. The van der Waals surface area contributed by atoms with Crippen molar-refractivity contribution >= 4 is 11.0 Å². The zero-order chi connectivity index (χ0) is 14.1. The van der Waals surface area contributed by atoms with Gasteiger partial charge in [-0.05, 0) is 19.1 Å². The largest absolute Gasteiger partial charge is 0.394 e. The molecule has 6 heteroatoms. The number of aryl methyl sites for hydroxylation is 1. The second-order valence-electron chi connectivity index (χ2n) is 4.55. The van der Waals surface area contributed by atoms with E-state index in [4.69, 9.17) is 5.11 Å². The van der Waals surface area contributed by atoms with E-state index in [2.05, 4.69) is 15.1 Å². The quantitative estimate of drug-likeness (QED) is 0.746. The summed E-state index contributed by atoms with van der Waals surface area (Å²) in [7, 11) is 0. The average molecular weight is 270 g/mol. The van der Waals surface area contributed by atoms with Crippen LogP contribution in [0.3, 0.4) is 0 Å². The van der Waals surface area contributed by atoms with Crippen LogP contribution in [-0.4, -0.2) is 31.5 Å². The Morgan fingerprint density at radius 3 is 3.00 bits per heavy atom. The summed E-state index contributed by atoms with van der Waals surface area (Å²) < 4.78 is 1.55. The first-order valence-corrected chi connectivity index (χ1v) is 6.32. The molecule has 0 saturated heterocycles. The fourth-order valence-electron chi connectivity index (χ4n) is 2.27. The number of aromatic nitrogens is 4. The molecule has 102 valence electrons. The monoisotopic (exact) mass is 270 g/mol. The molecule has 6 nitrogen and oxygen atoms in total. The highest BCUT2D eigenvalue weighted by atomic mass is 16.3. The number of nitrogens with one attached hydrogen (secondary N) is 1. The summed E-state index contributed by atoms with van der Waals surface area (Å²) in [6.45, 7) is 2.18. The minimum Gasteiger partial charge on any atom is -0.394 e. The maximum absolute atomic E-state index is 11.9. The Morgan fingerprint density at radius 2 is 2.25 bits per heavy atom. The third kappa shape index (κ3) is 2.00. The maximum Gasteiger partial charge on any atom is 0.273 e. The zero-order valence-electron chi connectivity index (χ0n) is 11.0. The number of rotatable bonds is 3. The van der Waals surface area contributed by atoms with Crippen LogP contribution < -0.4 is 5.56 Å². The first-order valence-electron chi connectivity index (χ1n) is 6.32. The van der Waals surface area contributed by atoms with E-state index < -0.39 is 0 Å². The lowest BCUT2D eigenvalue weighted by molar-refractivity contribution is 0.271. The number of aliphatic hydroxyl groups is 1. The molecule has 3 aromatic rings. The molecule has 3 rings (SSSR count). The Balaban J connectivity index is 2.19. The highest BCUT2D eigenvalue weighted by molar-refractivity contribution is 5.81. The van der Waals surface area contributed by atoms with Gasteiger partial charge in [0.2, 0.25) is 0 Å². The highest BCUT2D eigenvalue weighted by Crippen LogP contribution is 2.23. The highest BCUT2D eigenvalue weighted by Gasteiger charge is 2.10. The van der Waals surface area contributed by atoms with Crippen molar-refractivity contribution in [1.29, 1.82) is 0 Å². The Morgan fingerprint density at radius 1 is 1.40 bits per heavy atom. The first kappa shape index (κ1) is 12.6. The second kappa shape index (κ2) is 4.90. The van der Waals surface area contributed by atoms with Gasteiger partial charge in [-0.15, -0.1) is 0 Å². The molecule has 0 aromatic carbocycles. The van der Waals surface area contributed by atoms with Crippen LogP contribution in [0.15, 0.2) is 35.4 Å². The number of aromatic amines is 1. The van der Waals surface area contributed by atoms with Crippen LogP contribution in [0.4, 0.5) is 0 Å². The van der Waals surface area contributed by atoms with Crippen LogP contribution in [0.2, 0.25) is 0 Å². The van der Waals surface area contributed by atoms with Crippen molar-refractivity contribution in [3.63, 3.8) is 0 Å². The summed E-state index contributed by atoms with van der Waals surface area (Å²) in [4.78, 5) is 20.5. The van der Waals surface area contributed by atoms with Crippen LogP contribution in [-0.2, 0) is 6.54 Å². The van der Waals surface area contributed by atoms with Crippen LogP contribution in [0.25, 0.3) is 22.2 Å². The van der Waals surface area contributed by atoms with E-state index in [0.29, 0.717) is 17.6 Å². The van der Waals surface area contributed by atoms with Gasteiger partial charge < -0.3 is 5.11 Å². The number of aliphatic hydroxyl groups excluding tert-OH is 1. The van der Waals surface area contributed by atoms with Gasteiger partial charge in [0, 0.05) is 29.2 Å². The molecule has 0 bridgehead atoms. The predicted molar refractivity (Wildman–Crippen MR) is 75.4 cm³/mol. The molecule has 0 aliphatic rings. The molecule has 3 aromatic heterocycles. The summed E-state index contributed by atoms with van der Waals surface area (Å²) in [6.07, 6.45) is 3.45. The van der Waals surface area contributed by atoms with Crippen molar-refractivity contribution in [3.8, 4) is 11.1 Å². The Hall–Kier alpha value is -2.47. The summed E-state index contributed by atoms with van der Waals surface area (Å²) >= 11 is 0. The maximum atomic E-state index is 11.9. The first-order chi connectivity index (χ1) is 9.70. The van der Waals surface area contributed by atoms with Gasteiger partial charge >= 0.3 is 0 Å². The van der Waals surface area contributed by atoms with Gasteiger partial charge in [0.05, 0.1) is 18.5 Å². The standard InChI is InChI=1S/C14H14N4O2/c1-9-11(3-2-4-15-9)10-7-12-13(16-8-10)18(5-6-19)17-14(12)20/h2-4,7-8,19H,5-6H2,1H3,(H,17,20). The predicted octanol–water partition coefficient (Wildman–Crippen LogP) is 1.09. The smallest absolute Gasteiger partial charge is 0.273 e. The van der Waals surface area contributed by atoms with Crippen molar-refractivity contribution in [3.05, 3.63) is 46.6 Å². The number of hydrogen-bond acceptors (Lipinski definition) is 4. The normalized spacial score (nSPS) is 11.1. The third-order valence-electron chi connectivity index (χ3n) is 3.25. The molecule has 2 N–H and O–H groups in total. The van der Waals surface area contributed by atoms with E-state index in [1.54, 1.807) is 23.1 Å². The minimum atomic E-state index is -0.204. The lowest BCUT2D eigenvalue weighted by Crippen LogP contribution is -2.08. The molecule has 3 heterocycles. The molecule has 0 unspecified atom stereocenters. The van der Waals surface area contributed by atoms with Crippen LogP contribution in [0.1, 0.15) is 5.69 Å². The fourth-order valence-corrected chi connectivity index (χ4v) is 2.27. The van der Waals surface area contributed by atoms with E-state index in [1.165, 1.54) is 0 Å². The van der Waals surface area contributed by atoms with Crippen molar-refractivity contribution in [2.45, 2.75) is 13.5 Å². The molecule has 0 fully saturated rings. The van der Waals surface area contributed by atoms with E-state index in [1.807, 2.05) is 19.1 Å². The van der Waals surface area contributed by atoms with E-state index in [-0.39, 0.29) is 12.2 Å². The zero-order valence-corrected chi connectivity index (χ0v) is 11.0. The Bertz CT molecular complexity index is 819. The van der Waals surface area contributed by atoms with Crippen molar-refractivity contribution in [2.24, 2.45) is 0 Å². The molecule has 0 radical (unpaired) electrons. The molecular formula is C14H14N4O2. The Labute approximate surface area is 114 Å². The number of H-pyrrole nitrogens is 1. The average Bonchev–Trinajstić information content (AvgIpc) is 2.76. The molecule has 0 aliphatic heterocycles. The summed E-state index contributed by atoms with van der Waals surface area (Å²) in [5, 5.41) is 12.2. The van der Waals surface area contributed by atoms with Crippen molar-refractivity contribution in [2.75, 3.05) is 6.61 Å². The molecule has 20 heavy (non-hydrogen) atoms. The van der Waals surface area contributed by atoms with Crippen molar-refractivity contribution in [1.82, 2.24) is 19.7 Å². The topological polar surface area (TPSA) is 83.8 Å². The number of pyridine rings is 2. The third-order valence-corrected chi connectivity index (χ3v) is 3.25. The molecular weight excluding hydrogens is 256 g/mol. The number of nitrogens with zero attached hydrogens (tertiary/aromatic N) is 3. The van der Waals surface area contributed by atoms with Gasteiger partial charge in [-0.2, -0.15) is 0 Å². The fraction of sp³-hybridized carbons (Fsp3) is 0.214. The van der Waals surface area contributed by atoms with Gasteiger partial charge in [0.1, 0.15) is 0 Å². The lowest BCUT2D eigenvalue weighted by atomic mass is 10.1. The number of fused-ring (bicyclic) bond motifs is 1. The van der Waals surface area contributed by atoms with Gasteiger partial charge in [-0.25, -0.2) is 4.98 Å². The Kier molecular flexibility index (Phi) is 3.08. The molecule has 0 spiro atoms. The van der Waals surface area contributed by atoms with Gasteiger partial charge in [-0.3, -0.25) is 19.6 Å². The van der Waals surface area contributed by atoms with Gasteiger partial charge in [0.15, 0.2) is 5.65 Å². The number of hydrogen-bond donors (Lipinski definition) is 2. The van der Waals surface area contributed by atoms with E-state index in [9.17, 15) is 4.79 Å². The SMILES string of the molecule is Cc1ncccc1-c1cnc2c(c1)c(=O)[nH]n2CCO. The van der Waals surface area contributed by atoms with Gasteiger partial charge in [0.25, 0.3) is 5.56 Å². The van der Waals surface area contributed by atoms with Crippen LogP contribution >= 0.6 is 0 Å². The molecule has 0 aliphatic carbocycles. The minimum absolute atomic E-state index is 0.0507. The van der Waals surface area contributed by atoms with E-state index in [0.717, 1.165) is 16.8 Å². The second-order valence-corrected chi connectivity index (χ2v) is 4.55. The van der Waals surface area contributed by atoms with Gasteiger partial charge in [-0.1, -0.05) is 6.07 Å². The van der Waals surface area contributed by atoms with Crippen LogP contribution in [0.5, 0.6) is 0 Å². The summed E-state index contributed by atoms with van der Waals surface area (Å²) in [5.74, 6) is 0. The van der Waals surface area contributed by atoms with Crippen LogP contribution in [0, 0.1) is 6.92 Å². The van der Waals surface area contributed by atoms with Crippen molar-refractivity contribution < 1.29 is 5.11 Å². The lowest BCUT2D eigenvalue weighted by Gasteiger charge is -2.05. The summed E-state index contributed by atoms with van der Waals surface area (Å²) in [5.41, 5.74) is 3.05. The summed E-state index contributed by atoms with van der Waals surface area (Å²) in [6, 6.07) is 5.61. The molecule has 0 atom stereocenters.